The highest BCUT2D eigenvalue weighted by Gasteiger charge is 1.98. The smallest absolute Gasteiger partial charge is 0.228 e. The Morgan fingerprint density at radius 1 is 1.10 bits per heavy atom. The second-order valence-electron chi connectivity index (χ2n) is 4.29. The van der Waals surface area contributed by atoms with Gasteiger partial charge in [-0.05, 0) is 29.8 Å². The lowest BCUT2D eigenvalue weighted by Crippen LogP contribution is -2.09. The Labute approximate surface area is 118 Å². The fourth-order valence-electron chi connectivity index (χ4n) is 1.75. The average Bonchev–Trinajstić information content (AvgIpc) is 2.49. The highest BCUT2D eigenvalue weighted by molar-refractivity contribution is 5.92. The molecule has 0 aromatic heterocycles. The Hall–Kier alpha value is -2.55. The number of nitrogens with one attached hydrogen (secondary N) is 1. The minimum Gasteiger partial charge on any atom is -0.497 e. The summed E-state index contributed by atoms with van der Waals surface area (Å²) in [6.07, 6.45) is 4.12. The summed E-state index contributed by atoms with van der Waals surface area (Å²) < 4.78 is 5.09. The number of carbonyl (C=O) groups is 1. The summed E-state index contributed by atoms with van der Waals surface area (Å²) in [5.74, 6) is 0.796. The first-order valence-electron chi connectivity index (χ1n) is 6.43. The van der Waals surface area contributed by atoms with Gasteiger partial charge in [-0.1, -0.05) is 42.5 Å². The van der Waals surface area contributed by atoms with Crippen molar-refractivity contribution in [2.24, 2.45) is 0 Å². The van der Waals surface area contributed by atoms with Crippen LogP contribution in [-0.4, -0.2) is 13.0 Å². The van der Waals surface area contributed by atoms with Gasteiger partial charge in [0.2, 0.25) is 5.91 Å². The summed E-state index contributed by atoms with van der Waals surface area (Å²) in [5, 5.41) is 2.84. The van der Waals surface area contributed by atoms with Crippen molar-refractivity contribution in [3.05, 3.63) is 66.2 Å². The quantitative estimate of drug-likeness (QED) is 0.896. The van der Waals surface area contributed by atoms with Crippen molar-refractivity contribution in [1.29, 1.82) is 0 Å². The number of rotatable bonds is 5. The van der Waals surface area contributed by atoms with E-state index in [0.29, 0.717) is 6.42 Å². The molecule has 0 saturated carbocycles. The molecule has 2 rings (SSSR count). The molecule has 3 nitrogen and oxygen atoms in total. The molecule has 1 N–H and O–H groups in total. The van der Waals surface area contributed by atoms with E-state index in [1.807, 2.05) is 66.7 Å². The monoisotopic (exact) mass is 267 g/mol. The molecule has 3 heteroatoms. The second-order valence-corrected chi connectivity index (χ2v) is 4.29. The summed E-state index contributed by atoms with van der Waals surface area (Å²) in [6, 6.07) is 17.1. The fraction of sp³-hybridized carbons (Fsp3) is 0.118. The second kappa shape index (κ2) is 7.14. The lowest BCUT2D eigenvalue weighted by Gasteiger charge is -2.02. The van der Waals surface area contributed by atoms with Crippen LogP contribution in [0.15, 0.2) is 60.7 Å². The van der Waals surface area contributed by atoms with Crippen LogP contribution in [0.4, 0.5) is 5.69 Å². The number of anilines is 1. The van der Waals surface area contributed by atoms with Gasteiger partial charge < -0.3 is 10.1 Å². The molecule has 2 aromatic carbocycles. The molecule has 0 bridgehead atoms. The van der Waals surface area contributed by atoms with Crippen LogP contribution in [0.3, 0.4) is 0 Å². The molecule has 0 aliphatic heterocycles. The van der Waals surface area contributed by atoms with Crippen molar-refractivity contribution in [2.45, 2.75) is 6.42 Å². The molecular weight excluding hydrogens is 250 g/mol. The molecule has 0 aliphatic carbocycles. The van der Waals surface area contributed by atoms with Gasteiger partial charge in [-0.3, -0.25) is 4.79 Å². The third-order valence-corrected chi connectivity index (χ3v) is 2.79. The van der Waals surface area contributed by atoms with Gasteiger partial charge in [-0.2, -0.15) is 0 Å². The molecule has 0 saturated heterocycles. The Balaban J connectivity index is 1.84. The number of para-hydroxylation sites is 1. The van der Waals surface area contributed by atoms with Crippen molar-refractivity contribution in [1.82, 2.24) is 0 Å². The van der Waals surface area contributed by atoms with E-state index in [0.717, 1.165) is 17.0 Å². The topological polar surface area (TPSA) is 38.3 Å². The van der Waals surface area contributed by atoms with E-state index in [9.17, 15) is 4.79 Å². The van der Waals surface area contributed by atoms with Crippen LogP contribution in [0.2, 0.25) is 0 Å². The Bertz CT molecular complexity index is 574. The molecule has 0 radical (unpaired) electrons. The summed E-state index contributed by atoms with van der Waals surface area (Å²) >= 11 is 0. The van der Waals surface area contributed by atoms with Crippen LogP contribution in [0.5, 0.6) is 5.75 Å². The number of carbonyl (C=O) groups excluding carboxylic acids is 1. The molecule has 0 atom stereocenters. The summed E-state index contributed by atoms with van der Waals surface area (Å²) in [6.45, 7) is 0. The number of methoxy groups -OCH3 is 1. The van der Waals surface area contributed by atoms with E-state index in [1.54, 1.807) is 7.11 Å². The molecule has 0 unspecified atom stereocenters. The van der Waals surface area contributed by atoms with E-state index in [2.05, 4.69) is 5.32 Å². The van der Waals surface area contributed by atoms with Crippen molar-refractivity contribution in [2.75, 3.05) is 12.4 Å². The minimum atomic E-state index is -0.0269. The summed E-state index contributed by atoms with van der Waals surface area (Å²) in [7, 11) is 1.64. The third kappa shape index (κ3) is 4.28. The molecule has 0 heterocycles. The zero-order valence-electron chi connectivity index (χ0n) is 11.4. The predicted octanol–water partition coefficient (Wildman–Crippen LogP) is 3.74. The Morgan fingerprint density at radius 2 is 1.80 bits per heavy atom. The first-order chi connectivity index (χ1) is 9.78. The maximum absolute atomic E-state index is 11.7. The zero-order valence-corrected chi connectivity index (χ0v) is 11.4. The summed E-state index contributed by atoms with van der Waals surface area (Å²) in [4.78, 5) is 11.7. The zero-order chi connectivity index (χ0) is 14.2. The van der Waals surface area contributed by atoms with Gasteiger partial charge in [0.05, 0.1) is 7.11 Å². The lowest BCUT2D eigenvalue weighted by atomic mass is 10.2. The van der Waals surface area contributed by atoms with Crippen molar-refractivity contribution in [3.8, 4) is 5.75 Å². The van der Waals surface area contributed by atoms with E-state index >= 15 is 0 Å². The van der Waals surface area contributed by atoms with Crippen LogP contribution in [0.1, 0.15) is 12.0 Å². The van der Waals surface area contributed by atoms with E-state index in [4.69, 9.17) is 4.74 Å². The third-order valence-electron chi connectivity index (χ3n) is 2.79. The first kappa shape index (κ1) is 13.9. The van der Waals surface area contributed by atoms with Gasteiger partial charge >= 0.3 is 0 Å². The van der Waals surface area contributed by atoms with Gasteiger partial charge in [0, 0.05) is 12.1 Å². The maximum atomic E-state index is 11.7. The molecule has 0 fully saturated rings. The van der Waals surface area contributed by atoms with Crippen LogP contribution >= 0.6 is 0 Å². The van der Waals surface area contributed by atoms with Crippen molar-refractivity contribution in [3.63, 3.8) is 0 Å². The van der Waals surface area contributed by atoms with E-state index in [-0.39, 0.29) is 5.91 Å². The van der Waals surface area contributed by atoms with Gasteiger partial charge in [-0.25, -0.2) is 0 Å². The fourth-order valence-corrected chi connectivity index (χ4v) is 1.75. The Kier molecular flexibility index (Phi) is 4.95. The molecule has 0 aliphatic rings. The van der Waals surface area contributed by atoms with Crippen molar-refractivity contribution < 1.29 is 9.53 Å². The van der Waals surface area contributed by atoms with Gasteiger partial charge in [0.15, 0.2) is 0 Å². The number of ether oxygens (including phenoxy) is 1. The highest BCUT2D eigenvalue weighted by atomic mass is 16.5. The van der Waals surface area contributed by atoms with Crippen LogP contribution in [-0.2, 0) is 4.79 Å². The van der Waals surface area contributed by atoms with Gasteiger partial charge in [0.1, 0.15) is 5.75 Å². The first-order valence-corrected chi connectivity index (χ1v) is 6.43. The van der Waals surface area contributed by atoms with Crippen molar-refractivity contribution >= 4 is 17.7 Å². The number of hydrogen-bond acceptors (Lipinski definition) is 2. The predicted molar refractivity (Wildman–Crippen MR) is 81.7 cm³/mol. The molecule has 20 heavy (non-hydrogen) atoms. The van der Waals surface area contributed by atoms with Gasteiger partial charge in [-0.15, -0.1) is 0 Å². The molecular formula is C17H17NO2. The highest BCUT2D eigenvalue weighted by Crippen LogP contribution is 2.12. The van der Waals surface area contributed by atoms with Crippen LogP contribution in [0, 0.1) is 0 Å². The van der Waals surface area contributed by atoms with E-state index in [1.165, 1.54) is 0 Å². The lowest BCUT2D eigenvalue weighted by molar-refractivity contribution is -0.115. The van der Waals surface area contributed by atoms with Crippen LogP contribution < -0.4 is 10.1 Å². The molecule has 1 amide bonds. The number of amides is 1. The average molecular weight is 267 g/mol. The summed E-state index contributed by atoms with van der Waals surface area (Å²) in [5.41, 5.74) is 1.86. The normalized spacial score (nSPS) is 10.4. The minimum absolute atomic E-state index is 0.0269. The van der Waals surface area contributed by atoms with Gasteiger partial charge in [0.25, 0.3) is 0 Å². The Morgan fingerprint density at radius 3 is 2.45 bits per heavy atom. The molecule has 0 spiro atoms. The van der Waals surface area contributed by atoms with E-state index < -0.39 is 0 Å². The standard InChI is InChI=1S/C17H17NO2/c1-20-16-12-10-14(11-13-16)6-5-9-17(19)18-15-7-3-2-4-8-15/h2-8,10-13H,9H2,1H3,(H,18,19). The number of hydrogen-bond donors (Lipinski definition) is 1. The number of benzene rings is 2. The maximum Gasteiger partial charge on any atom is 0.228 e. The van der Waals surface area contributed by atoms with Crippen LogP contribution in [0.25, 0.3) is 6.08 Å². The molecule has 2 aromatic rings. The molecule has 102 valence electrons. The SMILES string of the molecule is COc1ccc(C=CCC(=O)Nc2ccccc2)cc1. The largest absolute Gasteiger partial charge is 0.497 e.